The van der Waals surface area contributed by atoms with Crippen LogP contribution in [-0.2, 0) is 13.0 Å². The number of phenolic OH excluding ortho intramolecular Hbond substituents is 1. The van der Waals surface area contributed by atoms with Gasteiger partial charge in [-0.2, -0.15) is 0 Å². The monoisotopic (exact) mass is 463 g/mol. The molecule has 0 fully saturated rings. The van der Waals surface area contributed by atoms with Gasteiger partial charge in [0.25, 0.3) is 5.91 Å². The van der Waals surface area contributed by atoms with E-state index < -0.39 is 23.4 Å². The molecular formula is C25H37NO7. The molecule has 184 valence electrons. The lowest BCUT2D eigenvalue weighted by atomic mass is 9.84. The molecule has 1 aromatic carbocycles. The highest BCUT2D eigenvalue weighted by molar-refractivity contribution is 6.00. The lowest BCUT2D eigenvalue weighted by Gasteiger charge is -2.40. The number of hydrogen-bond acceptors (Lipinski definition) is 7. The number of aliphatic hydroxyl groups is 4. The van der Waals surface area contributed by atoms with Crippen molar-refractivity contribution in [2.45, 2.75) is 89.8 Å². The van der Waals surface area contributed by atoms with Crippen LogP contribution >= 0.6 is 0 Å². The van der Waals surface area contributed by atoms with Crippen molar-refractivity contribution in [1.82, 2.24) is 4.90 Å². The number of ether oxygens (including phenoxy) is 1. The van der Waals surface area contributed by atoms with Gasteiger partial charge in [-0.05, 0) is 59.4 Å². The van der Waals surface area contributed by atoms with E-state index in [-0.39, 0.29) is 31.2 Å². The van der Waals surface area contributed by atoms with E-state index in [1.807, 2.05) is 19.9 Å². The third-order valence-corrected chi connectivity index (χ3v) is 6.90. The van der Waals surface area contributed by atoms with Crippen molar-refractivity contribution in [1.29, 1.82) is 0 Å². The van der Waals surface area contributed by atoms with Gasteiger partial charge in [-0.3, -0.25) is 4.79 Å². The summed E-state index contributed by atoms with van der Waals surface area (Å²) in [6.07, 6.45) is 2.92. The number of fused-ring (bicyclic) bond motifs is 3. The van der Waals surface area contributed by atoms with Gasteiger partial charge in [0, 0.05) is 24.1 Å². The SMILES string of the molecule is CC(=CCCC1(C)Oc2c(c(O)cc3c2CN(CCO)C3=O)CC1O)CCC(O)C(C)(C)O. The highest BCUT2D eigenvalue weighted by Gasteiger charge is 2.44. The predicted molar refractivity (Wildman–Crippen MR) is 123 cm³/mol. The van der Waals surface area contributed by atoms with Gasteiger partial charge in [0.2, 0.25) is 0 Å². The Morgan fingerprint density at radius 3 is 2.73 bits per heavy atom. The van der Waals surface area contributed by atoms with E-state index in [1.54, 1.807) is 13.8 Å². The normalized spacial score (nSPS) is 23.9. The lowest BCUT2D eigenvalue weighted by molar-refractivity contribution is -0.0599. The highest BCUT2D eigenvalue weighted by atomic mass is 16.5. The molecule has 8 nitrogen and oxygen atoms in total. The number of aromatic hydroxyl groups is 1. The number of carbonyl (C=O) groups excluding carboxylic acids is 1. The molecular weight excluding hydrogens is 426 g/mol. The first-order valence-electron chi connectivity index (χ1n) is 11.6. The Labute approximate surface area is 195 Å². The number of carbonyl (C=O) groups is 1. The molecule has 0 saturated heterocycles. The largest absolute Gasteiger partial charge is 0.508 e. The second-order valence-corrected chi connectivity index (χ2v) is 10.1. The maximum atomic E-state index is 12.6. The number of aliphatic hydroxyl groups excluding tert-OH is 3. The third kappa shape index (κ3) is 5.35. The summed E-state index contributed by atoms with van der Waals surface area (Å²) in [6, 6.07) is 1.43. The number of hydrogen-bond donors (Lipinski definition) is 5. The molecule has 8 heteroatoms. The quantitative estimate of drug-likeness (QED) is 0.354. The molecule has 0 aliphatic carbocycles. The van der Waals surface area contributed by atoms with Crippen LogP contribution in [0, 0.1) is 0 Å². The number of phenols is 1. The number of amides is 1. The molecule has 3 atom stereocenters. The molecule has 33 heavy (non-hydrogen) atoms. The van der Waals surface area contributed by atoms with E-state index in [0.29, 0.717) is 54.7 Å². The van der Waals surface area contributed by atoms with Gasteiger partial charge in [-0.25, -0.2) is 0 Å². The number of allylic oxidation sites excluding steroid dienone is 2. The van der Waals surface area contributed by atoms with Crippen LogP contribution in [0.15, 0.2) is 17.7 Å². The second kappa shape index (κ2) is 9.62. The third-order valence-electron chi connectivity index (χ3n) is 6.90. The molecule has 1 amide bonds. The molecule has 0 radical (unpaired) electrons. The van der Waals surface area contributed by atoms with Gasteiger partial charge in [0.1, 0.15) is 17.1 Å². The number of rotatable bonds is 9. The smallest absolute Gasteiger partial charge is 0.254 e. The fourth-order valence-electron chi connectivity index (χ4n) is 4.49. The Balaban J connectivity index is 1.72. The zero-order chi connectivity index (χ0) is 24.6. The minimum Gasteiger partial charge on any atom is -0.508 e. The van der Waals surface area contributed by atoms with Gasteiger partial charge < -0.3 is 35.2 Å². The Bertz CT molecular complexity index is 920. The molecule has 2 aliphatic heterocycles. The summed E-state index contributed by atoms with van der Waals surface area (Å²) >= 11 is 0. The Hall–Kier alpha value is -2.13. The van der Waals surface area contributed by atoms with E-state index in [1.165, 1.54) is 11.0 Å². The number of β-amino-alcohol motifs (C(OH)–C–C–N with tert-alkyl or cyclic N) is 1. The first-order valence-corrected chi connectivity index (χ1v) is 11.6. The molecule has 3 rings (SSSR count). The van der Waals surface area contributed by atoms with Crippen LogP contribution in [0.3, 0.4) is 0 Å². The summed E-state index contributed by atoms with van der Waals surface area (Å²) in [7, 11) is 0. The van der Waals surface area contributed by atoms with Crippen LogP contribution < -0.4 is 4.74 Å². The van der Waals surface area contributed by atoms with E-state index in [4.69, 9.17) is 4.74 Å². The standard InChI is InChI=1S/C25H37NO7/c1-15(7-8-20(29)24(2,3)32)6-5-9-25(4)21(30)13-17-19(28)12-16-18(22(17)33-25)14-26(10-11-27)23(16)31/h6,12,20-21,27-30,32H,5,7-11,13-14H2,1-4H3. The maximum absolute atomic E-state index is 12.6. The van der Waals surface area contributed by atoms with Crippen LogP contribution in [-0.4, -0.2) is 72.9 Å². The van der Waals surface area contributed by atoms with E-state index >= 15 is 0 Å². The Morgan fingerprint density at radius 2 is 2.09 bits per heavy atom. The first-order chi connectivity index (χ1) is 15.4. The summed E-state index contributed by atoms with van der Waals surface area (Å²) in [5.41, 5.74) is 0.611. The van der Waals surface area contributed by atoms with Crippen LogP contribution in [0.5, 0.6) is 11.5 Å². The molecule has 5 N–H and O–H groups in total. The maximum Gasteiger partial charge on any atom is 0.254 e. The molecule has 3 unspecified atom stereocenters. The van der Waals surface area contributed by atoms with E-state index in [2.05, 4.69) is 0 Å². The lowest BCUT2D eigenvalue weighted by Crippen LogP contribution is -2.49. The van der Waals surface area contributed by atoms with Crippen molar-refractivity contribution in [3.05, 3.63) is 34.4 Å². The van der Waals surface area contributed by atoms with Crippen molar-refractivity contribution in [3.63, 3.8) is 0 Å². The van der Waals surface area contributed by atoms with Crippen molar-refractivity contribution in [2.75, 3.05) is 13.2 Å². The van der Waals surface area contributed by atoms with Crippen LogP contribution in [0.25, 0.3) is 0 Å². The summed E-state index contributed by atoms with van der Waals surface area (Å²) in [4.78, 5) is 14.1. The van der Waals surface area contributed by atoms with Gasteiger partial charge in [0.15, 0.2) is 0 Å². The van der Waals surface area contributed by atoms with Gasteiger partial charge in [-0.1, -0.05) is 11.6 Å². The topological polar surface area (TPSA) is 131 Å². The average molecular weight is 464 g/mol. The average Bonchev–Trinajstić information content (AvgIpc) is 3.03. The zero-order valence-electron chi connectivity index (χ0n) is 20.0. The summed E-state index contributed by atoms with van der Waals surface area (Å²) in [5.74, 6) is 0.145. The number of benzene rings is 1. The predicted octanol–water partition coefficient (Wildman–Crippen LogP) is 2.03. The molecule has 0 bridgehead atoms. The van der Waals surface area contributed by atoms with Crippen LogP contribution in [0.4, 0.5) is 0 Å². The van der Waals surface area contributed by atoms with Crippen molar-refractivity contribution in [3.8, 4) is 11.5 Å². The molecule has 0 saturated carbocycles. The summed E-state index contributed by atoms with van der Waals surface area (Å²) in [5, 5.41) is 50.5. The van der Waals surface area contributed by atoms with Crippen LogP contribution in [0.2, 0.25) is 0 Å². The minimum atomic E-state index is -1.14. The molecule has 0 aromatic heterocycles. The molecule has 0 spiro atoms. The zero-order valence-corrected chi connectivity index (χ0v) is 20.0. The minimum absolute atomic E-state index is 0.0647. The van der Waals surface area contributed by atoms with Crippen LogP contribution in [0.1, 0.15) is 74.9 Å². The van der Waals surface area contributed by atoms with Gasteiger partial charge >= 0.3 is 0 Å². The van der Waals surface area contributed by atoms with Crippen molar-refractivity contribution < 1.29 is 35.1 Å². The molecule has 2 heterocycles. The van der Waals surface area contributed by atoms with E-state index in [0.717, 1.165) is 5.57 Å². The summed E-state index contributed by atoms with van der Waals surface area (Å²) in [6.45, 7) is 7.33. The fraction of sp³-hybridized carbons (Fsp3) is 0.640. The molecule has 2 aliphatic rings. The Morgan fingerprint density at radius 1 is 1.39 bits per heavy atom. The van der Waals surface area contributed by atoms with Crippen molar-refractivity contribution in [2.24, 2.45) is 0 Å². The van der Waals surface area contributed by atoms with Crippen molar-refractivity contribution >= 4 is 5.91 Å². The molecule has 1 aromatic rings. The number of nitrogens with zero attached hydrogens (tertiary/aromatic N) is 1. The van der Waals surface area contributed by atoms with Gasteiger partial charge in [0.05, 0.1) is 36.5 Å². The second-order valence-electron chi connectivity index (χ2n) is 10.1. The van der Waals surface area contributed by atoms with Gasteiger partial charge in [-0.15, -0.1) is 0 Å². The first kappa shape index (κ1) is 25.5. The highest BCUT2D eigenvalue weighted by Crippen LogP contribution is 2.46. The Kier molecular flexibility index (Phi) is 7.43. The van der Waals surface area contributed by atoms with E-state index in [9.17, 15) is 30.3 Å². The summed E-state index contributed by atoms with van der Waals surface area (Å²) < 4.78 is 6.30. The fourth-order valence-corrected chi connectivity index (χ4v) is 4.49.